The van der Waals surface area contributed by atoms with Crippen molar-refractivity contribution in [2.24, 2.45) is 10.8 Å². The van der Waals surface area contributed by atoms with E-state index in [2.05, 4.69) is 10.5 Å². The van der Waals surface area contributed by atoms with Crippen LogP contribution in [0.4, 0.5) is 0 Å². The Balaban J connectivity index is 1.64. The highest BCUT2D eigenvalue weighted by molar-refractivity contribution is 6.00. The van der Waals surface area contributed by atoms with Crippen molar-refractivity contribution in [2.75, 3.05) is 13.7 Å². The number of carbonyl (C=O) groups excluding carboxylic acids is 2. The molecule has 2 aromatic carbocycles. The van der Waals surface area contributed by atoms with Gasteiger partial charge in [0.05, 0.1) is 13.3 Å². The predicted molar refractivity (Wildman–Crippen MR) is 105 cm³/mol. The molecule has 0 saturated heterocycles. The lowest BCUT2D eigenvalue weighted by Gasteiger charge is -2.09. The number of rotatable bonds is 8. The largest absolute Gasteiger partial charge is 0.493 e. The molecule has 0 saturated carbocycles. The van der Waals surface area contributed by atoms with Crippen molar-refractivity contribution in [1.29, 1.82) is 0 Å². The van der Waals surface area contributed by atoms with Crippen LogP contribution < -0.4 is 20.6 Å². The van der Waals surface area contributed by atoms with E-state index in [9.17, 15) is 9.59 Å². The van der Waals surface area contributed by atoms with Gasteiger partial charge in [0.25, 0.3) is 5.91 Å². The van der Waals surface area contributed by atoms with Crippen molar-refractivity contribution in [3.63, 3.8) is 0 Å². The van der Waals surface area contributed by atoms with E-state index >= 15 is 0 Å². The van der Waals surface area contributed by atoms with Gasteiger partial charge in [-0.05, 0) is 18.2 Å². The topological polar surface area (TPSA) is 108 Å². The van der Waals surface area contributed by atoms with Gasteiger partial charge in [0.15, 0.2) is 18.1 Å². The quantitative estimate of drug-likeness (QED) is 0.458. The number of carbonyl (C=O) groups is 2. The lowest BCUT2D eigenvalue weighted by Crippen LogP contribution is -2.24. The van der Waals surface area contributed by atoms with Gasteiger partial charge in [0.1, 0.15) is 6.54 Å². The van der Waals surface area contributed by atoms with Crippen molar-refractivity contribution >= 4 is 28.9 Å². The molecule has 8 heteroatoms. The molecule has 3 aromatic rings. The molecule has 3 N–H and O–H groups in total. The smallest absolute Gasteiger partial charge is 0.277 e. The summed E-state index contributed by atoms with van der Waals surface area (Å²) >= 11 is 0. The standard InChI is InChI=1S/C20H20N4O4/c1-27-17-8-4-5-9-18(17)28-13-20(26)23-22-10-14-11-24(12-19(21)25)16-7-3-2-6-15(14)16/h2-11H,12-13H2,1H3,(H2,21,25)(H,23,26)/b22-10+. The predicted octanol–water partition coefficient (Wildman–Crippen LogP) is 1.66. The molecule has 3 rings (SSSR count). The number of fused-ring (bicyclic) bond motifs is 1. The fourth-order valence-electron chi connectivity index (χ4n) is 2.76. The summed E-state index contributed by atoms with van der Waals surface area (Å²) in [5, 5.41) is 4.87. The number of hydrogen-bond donors (Lipinski definition) is 2. The molecule has 8 nitrogen and oxygen atoms in total. The molecule has 1 heterocycles. The molecule has 0 aliphatic rings. The third kappa shape index (κ3) is 4.47. The molecule has 0 radical (unpaired) electrons. The van der Waals surface area contributed by atoms with Crippen LogP contribution in [0.25, 0.3) is 10.9 Å². The van der Waals surface area contributed by atoms with Crippen molar-refractivity contribution < 1.29 is 19.1 Å². The molecule has 0 unspecified atom stereocenters. The highest BCUT2D eigenvalue weighted by Crippen LogP contribution is 2.25. The number of primary amides is 1. The van der Waals surface area contributed by atoms with E-state index in [0.717, 1.165) is 16.5 Å². The zero-order valence-corrected chi connectivity index (χ0v) is 15.3. The molecule has 0 aliphatic heterocycles. The highest BCUT2D eigenvalue weighted by atomic mass is 16.5. The van der Waals surface area contributed by atoms with Crippen molar-refractivity contribution in [3.05, 3.63) is 60.3 Å². The van der Waals surface area contributed by atoms with Crippen LogP contribution in [0.5, 0.6) is 11.5 Å². The summed E-state index contributed by atoms with van der Waals surface area (Å²) in [7, 11) is 1.53. The van der Waals surface area contributed by atoms with Crippen LogP contribution in [-0.2, 0) is 16.1 Å². The Labute approximate surface area is 161 Å². The Kier molecular flexibility index (Phi) is 5.91. The van der Waals surface area contributed by atoms with Crippen LogP contribution >= 0.6 is 0 Å². The van der Waals surface area contributed by atoms with E-state index in [1.165, 1.54) is 13.3 Å². The van der Waals surface area contributed by atoms with E-state index in [4.69, 9.17) is 15.2 Å². The second-order valence-electron chi connectivity index (χ2n) is 5.93. The third-order valence-corrected chi connectivity index (χ3v) is 3.97. The van der Waals surface area contributed by atoms with E-state index in [1.807, 2.05) is 30.3 Å². The van der Waals surface area contributed by atoms with E-state index < -0.39 is 11.8 Å². The summed E-state index contributed by atoms with van der Waals surface area (Å²) in [6.07, 6.45) is 3.28. The van der Waals surface area contributed by atoms with Crippen LogP contribution in [0.2, 0.25) is 0 Å². The molecule has 0 atom stereocenters. The average Bonchev–Trinajstić information content (AvgIpc) is 3.03. The van der Waals surface area contributed by atoms with Crippen LogP contribution in [-0.4, -0.2) is 36.3 Å². The monoisotopic (exact) mass is 380 g/mol. The molecular formula is C20H20N4O4. The summed E-state index contributed by atoms with van der Waals surface area (Å²) in [4.78, 5) is 23.2. The summed E-state index contributed by atoms with van der Waals surface area (Å²) in [6, 6.07) is 14.6. The molecule has 28 heavy (non-hydrogen) atoms. The first-order valence-corrected chi connectivity index (χ1v) is 8.52. The number of hydrazone groups is 1. The van der Waals surface area contributed by atoms with Crippen molar-refractivity contribution in [1.82, 2.24) is 9.99 Å². The number of aromatic nitrogens is 1. The minimum Gasteiger partial charge on any atom is -0.493 e. The van der Waals surface area contributed by atoms with E-state index in [1.54, 1.807) is 29.0 Å². The number of nitrogens with zero attached hydrogens (tertiary/aromatic N) is 2. The summed E-state index contributed by atoms with van der Waals surface area (Å²) in [5.74, 6) is 0.161. The maximum absolute atomic E-state index is 12.0. The molecule has 0 spiro atoms. The SMILES string of the molecule is COc1ccccc1OCC(=O)N/N=C/c1cn(CC(N)=O)c2ccccc12. The molecule has 2 amide bonds. The first kappa shape index (κ1) is 19.0. The fourth-order valence-corrected chi connectivity index (χ4v) is 2.76. The number of hydrogen-bond acceptors (Lipinski definition) is 5. The minimum atomic E-state index is -0.439. The minimum absolute atomic E-state index is 0.0630. The zero-order chi connectivity index (χ0) is 19.9. The van der Waals surface area contributed by atoms with Crippen LogP contribution in [0.3, 0.4) is 0 Å². The summed E-state index contributed by atoms with van der Waals surface area (Å²) in [5.41, 5.74) is 9.32. The molecule has 144 valence electrons. The van der Waals surface area contributed by atoms with Crippen LogP contribution in [0.15, 0.2) is 59.8 Å². The van der Waals surface area contributed by atoms with Crippen molar-refractivity contribution in [3.8, 4) is 11.5 Å². The van der Waals surface area contributed by atoms with Crippen LogP contribution in [0.1, 0.15) is 5.56 Å². The second kappa shape index (κ2) is 8.72. The molecule has 0 fully saturated rings. The van der Waals surface area contributed by atoms with Gasteiger partial charge in [0.2, 0.25) is 5.91 Å². The number of nitrogens with one attached hydrogen (secondary N) is 1. The number of nitrogens with two attached hydrogens (primary N) is 1. The Morgan fingerprint density at radius 3 is 2.61 bits per heavy atom. The molecule has 1 aromatic heterocycles. The van der Waals surface area contributed by atoms with Gasteiger partial charge in [-0.2, -0.15) is 5.10 Å². The van der Waals surface area contributed by atoms with E-state index in [0.29, 0.717) is 11.5 Å². The normalized spacial score (nSPS) is 10.9. The van der Waals surface area contributed by atoms with E-state index in [-0.39, 0.29) is 13.2 Å². The zero-order valence-electron chi connectivity index (χ0n) is 15.3. The lowest BCUT2D eigenvalue weighted by atomic mass is 10.2. The highest BCUT2D eigenvalue weighted by Gasteiger charge is 2.09. The van der Waals surface area contributed by atoms with Gasteiger partial charge < -0.3 is 19.8 Å². The van der Waals surface area contributed by atoms with Gasteiger partial charge in [0, 0.05) is 22.7 Å². The van der Waals surface area contributed by atoms with Gasteiger partial charge in [-0.25, -0.2) is 5.43 Å². The third-order valence-electron chi connectivity index (χ3n) is 3.97. The lowest BCUT2D eigenvalue weighted by molar-refractivity contribution is -0.123. The first-order valence-electron chi connectivity index (χ1n) is 8.52. The maximum Gasteiger partial charge on any atom is 0.277 e. The first-order chi connectivity index (χ1) is 13.6. The number of ether oxygens (including phenoxy) is 2. The van der Waals surface area contributed by atoms with Gasteiger partial charge in [-0.15, -0.1) is 0 Å². The fraction of sp³-hybridized carbons (Fsp3) is 0.150. The Morgan fingerprint density at radius 1 is 1.14 bits per heavy atom. The second-order valence-corrected chi connectivity index (χ2v) is 5.93. The molecule has 0 aliphatic carbocycles. The van der Waals surface area contributed by atoms with Gasteiger partial charge in [-0.1, -0.05) is 30.3 Å². The number of para-hydroxylation sites is 3. The summed E-state index contributed by atoms with van der Waals surface area (Å²) in [6.45, 7) is -0.144. The average molecular weight is 380 g/mol. The number of methoxy groups -OCH3 is 1. The Hall–Kier alpha value is -3.81. The molecular weight excluding hydrogens is 360 g/mol. The van der Waals surface area contributed by atoms with Gasteiger partial charge in [-0.3, -0.25) is 9.59 Å². The Bertz CT molecular complexity index is 1030. The Morgan fingerprint density at radius 2 is 1.86 bits per heavy atom. The molecule has 0 bridgehead atoms. The summed E-state index contributed by atoms with van der Waals surface area (Å²) < 4.78 is 12.4. The van der Waals surface area contributed by atoms with Gasteiger partial charge >= 0.3 is 0 Å². The van der Waals surface area contributed by atoms with Crippen LogP contribution in [0, 0.1) is 0 Å². The number of amides is 2. The maximum atomic E-state index is 12.0. The number of benzene rings is 2. The van der Waals surface area contributed by atoms with Crippen molar-refractivity contribution in [2.45, 2.75) is 6.54 Å².